The van der Waals surface area contributed by atoms with Gasteiger partial charge < -0.3 is 14.2 Å². The van der Waals surface area contributed by atoms with Gasteiger partial charge in [-0.1, -0.05) is 6.08 Å². The molecule has 3 atom stereocenters. The van der Waals surface area contributed by atoms with Crippen molar-refractivity contribution in [2.75, 3.05) is 21.3 Å². The first-order chi connectivity index (χ1) is 7.71. The quantitative estimate of drug-likeness (QED) is 0.541. The molecule has 0 aliphatic heterocycles. The second-order valence-electron chi connectivity index (χ2n) is 4.00. The Morgan fingerprint density at radius 1 is 1.12 bits per heavy atom. The van der Waals surface area contributed by atoms with Gasteiger partial charge in [-0.05, 0) is 25.2 Å². The SMILES string of the molecule is COC(=O)/C=C/C1CCC(OC)C(OC)C1. The van der Waals surface area contributed by atoms with Crippen LogP contribution in [-0.2, 0) is 19.0 Å². The van der Waals surface area contributed by atoms with Crippen molar-refractivity contribution in [3.8, 4) is 0 Å². The standard InChI is InChI=1S/C12H20O4/c1-14-10-6-4-9(8-11(10)15-2)5-7-12(13)16-3/h5,7,9-11H,4,6,8H2,1-3H3/b7-5+. The Kier molecular flexibility index (Phi) is 5.49. The minimum atomic E-state index is -0.303. The maximum atomic E-state index is 11.0. The van der Waals surface area contributed by atoms with E-state index in [9.17, 15) is 4.79 Å². The lowest BCUT2D eigenvalue weighted by Gasteiger charge is -2.33. The maximum Gasteiger partial charge on any atom is 0.330 e. The number of carbonyl (C=O) groups excluding carboxylic acids is 1. The van der Waals surface area contributed by atoms with E-state index in [1.807, 2.05) is 6.08 Å². The monoisotopic (exact) mass is 228 g/mol. The van der Waals surface area contributed by atoms with Crippen molar-refractivity contribution in [1.82, 2.24) is 0 Å². The molecular formula is C12H20O4. The summed E-state index contributed by atoms with van der Waals surface area (Å²) in [5.74, 6) is 0.0679. The Labute approximate surface area is 96.6 Å². The summed E-state index contributed by atoms with van der Waals surface area (Å²) < 4.78 is 15.3. The number of hydrogen-bond donors (Lipinski definition) is 0. The molecule has 4 heteroatoms. The molecule has 0 aromatic carbocycles. The third kappa shape index (κ3) is 3.61. The highest BCUT2D eigenvalue weighted by Crippen LogP contribution is 2.28. The van der Waals surface area contributed by atoms with Crippen molar-refractivity contribution in [2.45, 2.75) is 31.5 Å². The lowest BCUT2D eigenvalue weighted by atomic mass is 9.85. The zero-order valence-corrected chi connectivity index (χ0v) is 10.1. The molecule has 1 saturated carbocycles. The van der Waals surface area contributed by atoms with Gasteiger partial charge >= 0.3 is 5.97 Å². The molecule has 0 aromatic heterocycles. The van der Waals surface area contributed by atoms with E-state index in [2.05, 4.69) is 4.74 Å². The molecular weight excluding hydrogens is 208 g/mol. The Hall–Kier alpha value is -0.870. The van der Waals surface area contributed by atoms with Gasteiger partial charge in [0.05, 0.1) is 19.3 Å². The third-order valence-electron chi connectivity index (χ3n) is 3.08. The minimum absolute atomic E-state index is 0.117. The van der Waals surface area contributed by atoms with E-state index in [1.165, 1.54) is 13.2 Å². The van der Waals surface area contributed by atoms with Gasteiger partial charge in [0.15, 0.2) is 0 Å². The van der Waals surface area contributed by atoms with Crippen LogP contribution in [0.5, 0.6) is 0 Å². The highest BCUT2D eigenvalue weighted by molar-refractivity contribution is 5.81. The number of carbonyl (C=O) groups is 1. The molecule has 3 unspecified atom stereocenters. The van der Waals surface area contributed by atoms with Crippen LogP contribution in [0, 0.1) is 5.92 Å². The van der Waals surface area contributed by atoms with E-state index >= 15 is 0 Å². The fraction of sp³-hybridized carbons (Fsp3) is 0.750. The predicted molar refractivity (Wildman–Crippen MR) is 60.1 cm³/mol. The summed E-state index contributed by atoms with van der Waals surface area (Å²) >= 11 is 0. The van der Waals surface area contributed by atoms with E-state index in [0.29, 0.717) is 5.92 Å². The van der Waals surface area contributed by atoms with Crippen LogP contribution in [0.3, 0.4) is 0 Å². The Morgan fingerprint density at radius 3 is 2.38 bits per heavy atom. The number of allylic oxidation sites excluding steroid dienone is 1. The van der Waals surface area contributed by atoms with Gasteiger partial charge in [0.1, 0.15) is 0 Å². The van der Waals surface area contributed by atoms with Gasteiger partial charge in [-0.15, -0.1) is 0 Å². The Bertz CT molecular complexity index is 249. The zero-order valence-electron chi connectivity index (χ0n) is 10.1. The molecule has 0 bridgehead atoms. The third-order valence-corrected chi connectivity index (χ3v) is 3.08. The van der Waals surface area contributed by atoms with E-state index in [0.717, 1.165) is 19.3 Å². The molecule has 4 nitrogen and oxygen atoms in total. The van der Waals surface area contributed by atoms with Crippen molar-refractivity contribution in [2.24, 2.45) is 5.92 Å². The van der Waals surface area contributed by atoms with Gasteiger partial charge in [0.2, 0.25) is 0 Å². The highest BCUT2D eigenvalue weighted by atomic mass is 16.5. The molecule has 0 amide bonds. The Morgan fingerprint density at radius 2 is 1.81 bits per heavy atom. The summed E-state index contributed by atoms with van der Waals surface area (Å²) in [5, 5.41) is 0. The lowest BCUT2D eigenvalue weighted by molar-refractivity contribution is -0.134. The van der Waals surface area contributed by atoms with E-state index in [1.54, 1.807) is 14.2 Å². The topological polar surface area (TPSA) is 44.8 Å². The predicted octanol–water partition coefficient (Wildman–Crippen LogP) is 1.55. The van der Waals surface area contributed by atoms with Crippen molar-refractivity contribution in [1.29, 1.82) is 0 Å². The number of methoxy groups -OCH3 is 3. The Balaban J connectivity index is 2.47. The van der Waals surface area contributed by atoms with E-state index in [4.69, 9.17) is 9.47 Å². The summed E-state index contributed by atoms with van der Waals surface area (Å²) in [6.45, 7) is 0. The largest absolute Gasteiger partial charge is 0.466 e. The average molecular weight is 228 g/mol. The smallest absolute Gasteiger partial charge is 0.330 e. The fourth-order valence-corrected chi connectivity index (χ4v) is 2.11. The molecule has 1 aliphatic rings. The summed E-state index contributed by atoms with van der Waals surface area (Å²) in [5.41, 5.74) is 0. The van der Waals surface area contributed by atoms with Crippen LogP contribution in [0.2, 0.25) is 0 Å². The van der Waals surface area contributed by atoms with E-state index < -0.39 is 0 Å². The summed E-state index contributed by atoms with van der Waals surface area (Å²) in [6.07, 6.45) is 6.56. The van der Waals surface area contributed by atoms with Crippen LogP contribution in [0.25, 0.3) is 0 Å². The molecule has 0 aromatic rings. The molecule has 1 fully saturated rings. The van der Waals surface area contributed by atoms with Gasteiger partial charge in [-0.25, -0.2) is 4.79 Å². The number of ether oxygens (including phenoxy) is 3. The molecule has 0 N–H and O–H groups in total. The molecule has 0 saturated heterocycles. The van der Waals surface area contributed by atoms with Crippen LogP contribution in [0.1, 0.15) is 19.3 Å². The van der Waals surface area contributed by atoms with Crippen molar-refractivity contribution >= 4 is 5.97 Å². The van der Waals surface area contributed by atoms with Crippen LogP contribution >= 0.6 is 0 Å². The minimum Gasteiger partial charge on any atom is -0.466 e. The second-order valence-corrected chi connectivity index (χ2v) is 4.00. The molecule has 0 heterocycles. The first-order valence-electron chi connectivity index (χ1n) is 5.53. The number of hydrogen-bond acceptors (Lipinski definition) is 4. The molecule has 92 valence electrons. The maximum absolute atomic E-state index is 11.0. The second kappa shape index (κ2) is 6.66. The number of esters is 1. The normalized spacial score (nSPS) is 30.6. The van der Waals surface area contributed by atoms with Crippen molar-refractivity contribution < 1.29 is 19.0 Å². The first kappa shape index (κ1) is 13.2. The molecule has 1 aliphatic carbocycles. The summed E-state index contributed by atoms with van der Waals surface area (Å²) in [6, 6.07) is 0. The van der Waals surface area contributed by atoms with Crippen LogP contribution in [0.4, 0.5) is 0 Å². The fourth-order valence-electron chi connectivity index (χ4n) is 2.11. The molecule has 1 rings (SSSR count). The molecule has 0 spiro atoms. The molecule has 16 heavy (non-hydrogen) atoms. The van der Waals surface area contributed by atoms with Gasteiger partial charge in [-0.2, -0.15) is 0 Å². The van der Waals surface area contributed by atoms with Gasteiger partial charge in [0.25, 0.3) is 0 Å². The average Bonchev–Trinajstić information content (AvgIpc) is 2.35. The lowest BCUT2D eigenvalue weighted by Crippen LogP contribution is -2.36. The van der Waals surface area contributed by atoms with Crippen LogP contribution in [-0.4, -0.2) is 39.5 Å². The summed E-state index contributed by atoms with van der Waals surface area (Å²) in [4.78, 5) is 11.0. The van der Waals surface area contributed by atoms with Crippen molar-refractivity contribution in [3.63, 3.8) is 0 Å². The van der Waals surface area contributed by atoms with Crippen LogP contribution in [0.15, 0.2) is 12.2 Å². The number of rotatable bonds is 4. The summed E-state index contributed by atoms with van der Waals surface area (Å²) in [7, 11) is 4.79. The van der Waals surface area contributed by atoms with Gasteiger partial charge in [0, 0.05) is 20.3 Å². The molecule has 0 radical (unpaired) electrons. The van der Waals surface area contributed by atoms with E-state index in [-0.39, 0.29) is 18.2 Å². The van der Waals surface area contributed by atoms with Crippen molar-refractivity contribution in [3.05, 3.63) is 12.2 Å². The first-order valence-corrected chi connectivity index (χ1v) is 5.53. The highest BCUT2D eigenvalue weighted by Gasteiger charge is 2.29. The van der Waals surface area contributed by atoms with Crippen LogP contribution < -0.4 is 0 Å². The van der Waals surface area contributed by atoms with Gasteiger partial charge in [-0.3, -0.25) is 0 Å². The zero-order chi connectivity index (χ0) is 12.0.